The second kappa shape index (κ2) is 28.8. The topological polar surface area (TPSA) is 195 Å². The first-order chi connectivity index (χ1) is 46.2. The van der Waals surface area contributed by atoms with E-state index in [1.165, 1.54) is 18.8 Å². The highest BCUT2D eigenvalue weighted by molar-refractivity contribution is 7.21. The number of thiazole rings is 4. The van der Waals surface area contributed by atoms with Crippen LogP contribution in [0.25, 0.3) is 85.3 Å². The molecule has 16 aromatic rings. The molecule has 98 heavy (non-hydrogen) atoms. The number of hydrogen-bond acceptors (Lipinski definition) is 19. The zero-order chi connectivity index (χ0) is 71.2. The molecule has 0 fully saturated rings. The normalized spacial score (nSPS) is 11.2. The summed E-state index contributed by atoms with van der Waals surface area (Å²) in [5.41, 5.74) is 4.68. The van der Waals surface area contributed by atoms with Crippen molar-refractivity contribution in [3.05, 3.63) is 207 Å². The SMILES string of the molecule is Cc1c(F)c(F)c(C)c(F)c1F.Cc1c(F)c(F)c(Cc2c(F)c(F)c(C)c(F)c2F)c(F)c1F.Cc1nc2cc3nc(C)oc3cc2o1.Cc1nc2cc3nc(C)sc3cc2s1.Cc1nc2cc3oc(C)nc3cc2o1.Cc1nc2cc3sc(C)nc3cc2s1.Cc1nnc(C)o1. The van der Waals surface area contributed by atoms with E-state index in [0.717, 1.165) is 114 Å². The first kappa shape index (κ1) is 71.1. The maximum atomic E-state index is 13.7. The van der Waals surface area contributed by atoms with Crippen LogP contribution in [0.5, 0.6) is 0 Å². The van der Waals surface area contributed by atoms with Gasteiger partial charge in [-0.2, -0.15) is 0 Å². The van der Waals surface area contributed by atoms with E-state index in [1.54, 1.807) is 59.2 Å². The number of aromatic nitrogens is 10. The van der Waals surface area contributed by atoms with Crippen LogP contribution in [0.4, 0.5) is 52.7 Å². The Kier molecular flexibility index (Phi) is 20.9. The summed E-state index contributed by atoms with van der Waals surface area (Å²) in [5, 5.41) is 11.7. The van der Waals surface area contributed by atoms with Crippen LogP contribution in [-0.2, 0) is 6.42 Å². The molecule has 7 aromatic carbocycles. The average Bonchev–Trinajstić information content (AvgIpc) is 1.32. The summed E-state index contributed by atoms with van der Waals surface area (Å²) < 4.78 is 191. The zero-order valence-electron chi connectivity index (χ0n) is 54.0. The van der Waals surface area contributed by atoms with Crippen molar-refractivity contribution >= 4 is 131 Å². The minimum atomic E-state index is -1.89. The van der Waals surface area contributed by atoms with Gasteiger partial charge in [-0.3, -0.25) is 0 Å². The van der Waals surface area contributed by atoms with Crippen LogP contribution in [0, 0.1) is 167 Å². The average molecular weight is 1430 g/mol. The Labute approximate surface area is 562 Å². The van der Waals surface area contributed by atoms with Crippen molar-refractivity contribution in [2.75, 3.05) is 0 Å². The number of aryl methyl sites for hydroxylation is 10. The van der Waals surface area contributed by atoms with Gasteiger partial charge in [-0.05, 0) is 85.7 Å². The molecule has 0 radical (unpaired) electrons. The van der Waals surface area contributed by atoms with Crippen LogP contribution in [-0.4, -0.2) is 50.1 Å². The summed E-state index contributed by atoms with van der Waals surface area (Å²) >= 11 is 6.95. The van der Waals surface area contributed by atoms with E-state index < -0.39 is 110 Å². The molecule has 9 aromatic heterocycles. The summed E-state index contributed by atoms with van der Waals surface area (Å²) in [4.78, 5) is 34.7. The Morgan fingerprint density at radius 3 is 0.755 bits per heavy atom. The molecule has 31 heteroatoms. The first-order valence-corrected chi connectivity index (χ1v) is 32.3. The Balaban J connectivity index is 0.000000126. The molecule has 0 aliphatic heterocycles. The van der Waals surface area contributed by atoms with Crippen molar-refractivity contribution in [1.29, 1.82) is 0 Å². The van der Waals surface area contributed by atoms with Gasteiger partial charge in [0.2, 0.25) is 11.8 Å². The van der Waals surface area contributed by atoms with Crippen molar-refractivity contribution in [1.82, 2.24) is 50.1 Å². The first-order valence-electron chi connectivity index (χ1n) is 29.0. The fraction of sp³-hybridized carbons (Fsp3) is 0.224. The molecule has 508 valence electrons. The third kappa shape index (κ3) is 15.2. The molecule has 0 aliphatic carbocycles. The van der Waals surface area contributed by atoms with Crippen molar-refractivity contribution in [3.63, 3.8) is 0 Å². The van der Waals surface area contributed by atoms with E-state index in [4.69, 9.17) is 22.1 Å². The molecular formula is C67H52F12N10O5S4. The molecule has 0 aliphatic rings. The summed E-state index contributed by atoms with van der Waals surface area (Å²) in [6, 6.07) is 15.9. The fourth-order valence-electron chi connectivity index (χ4n) is 9.63. The van der Waals surface area contributed by atoms with Crippen LogP contribution in [0.1, 0.15) is 88.8 Å². The molecule has 0 unspecified atom stereocenters. The maximum absolute atomic E-state index is 13.7. The molecule has 0 saturated carbocycles. The van der Waals surface area contributed by atoms with Crippen molar-refractivity contribution < 1.29 is 74.8 Å². The number of halogens is 12. The van der Waals surface area contributed by atoms with Crippen LogP contribution in [0.3, 0.4) is 0 Å². The lowest BCUT2D eigenvalue weighted by atomic mass is 9.98. The molecular weight excluding hydrogens is 1380 g/mol. The summed E-state index contributed by atoms with van der Waals surface area (Å²) in [6.07, 6.45) is -1.41. The van der Waals surface area contributed by atoms with Crippen LogP contribution < -0.4 is 0 Å². The molecule has 0 N–H and O–H groups in total. The number of rotatable bonds is 2. The second-order valence-electron chi connectivity index (χ2n) is 21.8. The van der Waals surface area contributed by atoms with Gasteiger partial charge in [0, 0.05) is 99.5 Å². The van der Waals surface area contributed by atoms with Gasteiger partial charge < -0.3 is 22.1 Å². The van der Waals surface area contributed by atoms with Crippen LogP contribution in [0.15, 0.2) is 70.6 Å². The van der Waals surface area contributed by atoms with E-state index in [2.05, 4.69) is 74.3 Å². The van der Waals surface area contributed by atoms with Crippen molar-refractivity contribution in [2.45, 2.75) is 103 Å². The lowest BCUT2D eigenvalue weighted by Gasteiger charge is -2.13. The Bertz CT molecular complexity index is 4600. The fourth-order valence-corrected chi connectivity index (χ4v) is 13.1. The molecule has 9 heterocycles. The van der Waals surface area contributed by atoms with Gasteiger partial charge in [0.05, 0.1) is 60.9 Å². The highest BCUT2D eigenvalue weighted by atomic mass is 32.1. The quantitative estimate of drug-likeness (QED) is 0.117. The van der Waals surface area contributed by atoms with E-state index in [1.807, 2.05) is 79.7 Å². The van der Waals surface area contributed by atoms with E-state index >= 15 is 0 Å². The monoisotopic (exact) mass is 1430 g/mol. The molecule has 0 bridgehead atoms. The van der Waals surface area contributed by atoms with Gasteiger partial charge in [-0.15, -0.1) is 55.5 Å². The molecule has 0 atom stereocenters. The smallest absolute Gasteiger partial charge is 0.213 e. The van der Waals surface area contributed by atoms with Gasteiger partial charge in [0.1, 0.15) is 22.1 Å². The van der Waals surface area contributed by atoms with E-state index in [9.17, 15) is 52.7 Å². The molecule has 0 spiro atoms. The second-order valence-corrected chi connectivity index (χ2v) is 26.7. The highest BCUT2D eigenvalue weighted by Crippen LogP contribution is 2.34. The zero-order valence-corrected chi connectivity index (χ0v) is 57.3. The van der Waals surface area contributed by atoms with Crippen LogP contribution in [0.2, 0.25) is 0 Å². The highest BCUT2D eigenvalue weighted by Gasteiger charge is 2.29. The Morgan fingerprint density at radius 2 is 0.480 bits per heavy atom. The summed E-state index contributed by atoms with van der Waals surface area (Å²) in [5.74, 6) is -16.0. The Morgan fingerprint density at radius 1 is 0.245 bits per heavy atom. The summed E-state index contributed by atoms with van der Waals surface area (Å²) in [7, 11) is 0. The molecule has 0 saturated heterocycles. The number of nitrogens with zero attached hydrogens (tertiary/aromatic N) is 10. The lowest BCUT2D eigenvalue weighted by molar-refractivity contribution is 0.419. The van der Waals surface area contributed by atoms with Crippen molar-refractivity contribution in [3.8, 4) is 0 Å². The minimum Gasteiger partial charge on any atom is -0.441 e. The summed E-state index contributed by atoms with van der Waals surface area (Å²) in [6.45, 7) is 22.4. The molecule has 16 rings (SSSR count). The molecule has 0 amide bonds. The Hall–Kier alpha value is -9.72. The predicted molar refractivity (Wildman–Crippen MR) is 351 cm³/mol. The standard InChI is InChI=1S/C15H8F8.2C10H8N2O2.2C10H8N2S2.C8H6F4.C4H6N2O/c1-4-8(16)12(20)6(13(21)9(4)17)3-7-14(22)10(18)5(2)11(19)15(7)23;1-5-11-7-3-10-8(4-9(7)13-5)12-6(2)14-10;1-5-11-7-3-8-10(4-9(7)13-5)14-6(2)12-8;1-5-11-7-3-10-8(4-9(7)13-5)12-6(2)14-10;1-5-11-7-3-8-10(4-9(7)13-5)14-6(2)12-8;1-3-5(9)7(11)4(2)8(12)6(3)10;1-3-5-6-4(2)7-3/h3H2,1-2H3;4*3-4H,1-2H3;1-2H3;1-2H3. The van der Waals surface area contributed by atoms with Gasteiger partial charge in [-0.1, -0.05) is 0 Å². The number of fused-ring (bicyclic) bond motifs is 8. The predicted octanol–water partition coefficient (Wildman–Crippen LogP) is 20.8. The van der Waals surface area contributed by atoms with Gasteiger partial charge in [0.25, 0.3) is 0 Å². The van der Waals surface area contributed by atoms with Gasteiger partial charge in [-0.25, -0.2) is 92.6 Å². The van der Waals surface area contributed by atoms with Crippen molar-refractivity contribution in [2.24, 2.45) is 0 Å². The third-order valence-corrected chi connectivity index (χ3v) is 18.0. The minimum absolute atomic E-state index is 0.623. The largest absolute Gasteiger partial charge is 0.441 e. The lowest BCUT2D eigenvalue weighted by Crippen LogP contribution is -2.11. The van der Waals surface area contributed by atoms with Gasteiger partial charge >= 0.3 is 0 Å². The number of oxazole rings is 4. The molecule has 15 nitrogen and oxygen atoms in total. The number of benzene rings is 7. The maximum Gasteiger partial charge on any atom is 0.213 e. The van der Waals surface area contributed by atoms with Gasteiger partial charge in [0.15, 0.2) is 116 Å². The number of hydrogen-bond donors (Lipinski definition) is 0. The van der Waals surface area contributed by atoms with E-state index in [-0.39, 0.29) is 0 Å². The van der Waals surface area contributed by atoms with Crippen LogP contribution >= 0.6 is 45.3 Å². The van der Waals surface area contributed by atoms with E-state index in [0.29, 0.717) is 35.3 Å². The third-order valence-electron chi connectivity index (χ3n) is 14.3.